The number of benzene rings is 2. The van der Waals surface area contributed by atoms with Gasteiger partial charge in [-0.2, -0.15) is 0 Å². The van der Waals surface area contributed by atoms with Crippen molar-refractivity contribution in [2.75, 3.05) is 0 Å². The van der Waals surface area contributed by atoms with Crippen molar-refractivity contribution in [1.82, 2.24) is 0 Å². The zero-order valence-corrected chi connectivity index (χ0v) is 16.3. The first kappa shape index (κ1) is 15.9. The molecule has 2 aromatic carbocycles. The van der Waals surface area contributed by atoms with E-state index in [-0.39, 0.29) is 0 Å². The molecule has 4 aromatic heterocycles. The molecule has 0 aliphatic rings. The number of hydrogen-bond donors (Lipinski definition) is 0. The minimum Gasteiger partial charge on any atom is -0.461 e. The zero-order valence-electron chi connectivity index (χ0n) is 14.7. The van der Waals surface area contributed by atoms with Crippen LogP contribution in [0.15, 0.2) is 93.3 Å². The molecule has 0 unspecified atom stereocenters. The Labute approximate surface area is 169 Å². The number of rotatable bonds is 3. The molecule has 134 valence electrons. The van der Waals surface area contributed by atoms with Gasteiger partial charge < -0.3 is 8.83 Å². The van der Waals surface area contributed by atoms with E-state index >= 15 is 0 Å². The van der Waals surface area contributed by atoms with E-state index in [1.54, 1.807) is 28.9 Å². The summed E-state index contributed by atoms with van der Waals surface area (Å²) in [6.45, 7) is 0. The van der Waals surface area contributed by atoms with Crippen LogP contribution in [0.2, 0.25) is 0 Å². The summed E-state index contributed by atoms with van der Waals surface area (Å²) in [6.07, 6.45) is 1.69. The summed E-state index contributed by atoms with van der Waals surface area (Å²) in [4.78, 5) is 2.43. The Balaban J connectivity index is 1.74. The van der Waals surface area contributed by atoms with Gasteiger partial charge in [-0.25, -0.2) is 0 Å². The second-order valence-corrected chi connectivity index (χ2v) is 8.62. The van der Waals surface area contributed by atoms with E-state index in [4.69, 9.17) is 8.83 Å². The Morgan fingerprint density at radius 3 is 2.57 bits per heavy atom. The van der Waals surface area contributed by atoms with Gasteiger partial charge in [-0.15, -0.1) is 22.7 Å². The summed E-state index contributed by atoms with van der Waals surface area (Å²) < 4.78 is 13.3. The molecule has 6 aromatic rings. The van der Waals surface area contributed by atoms with E-state index in [0.717, 1.165) is 28.1 Å². The van der Waals surface area contributed by atoms with Crippen molar-refractivity contribution in [3.05, 3.63) is 84.4 Å². The van der Waals surface area contributed by atoms with Crippen molar-refractivity contribution >= 4 is 43.7 Å². The van der Waals surface area contributed by atoms with Gasteiger partial charge in [0.15, 0.2) is 11.5 Å². The molecule has 28 heavy (non-hydrogen) atoms. The standard InChI is InChI=1S/C24H14O2S2/c1-2-10-19-15(6-1)14-21(28-19)23-22-16(20-11-5-13-27-20)7-3-8-17(22)26-24(23)18-9-4-12-25-18/h1-14H. The average Bonchev–Trinajstić information content (AvgIpc) is 3.52. The molecule has 0 radical (unpaired) electrons. The lowest BCUT2D eigenvalue weighted by molar-refractivity contribution is 0.543. The summed E-state index contributed by atoms with van der Waals surface area (Å²) in [5.41, 5.74) is 3.18. The monoisotopic (exact) mass is 398 g/mol. The van der Waals surface area contributed by atoms with Crippen molar-refractivity contribution in [1.29, 1.82) is 0 Å². The number of hydrogen-bond acceptors (Lipinski definition) is 4. The van der Waals surface area contributed by atoms with Gasteiger partial charge in [0.05, 0.1) is 6.26 Å². The van der Waals surface area contributed by atoms with Crippen molar-refractivity contribution in [2.45, 2.75) is 0 Å². The van der Waals surface area contributed by atoms with E-state index < -0.39 is 0 Å². The Hall–Kier alpha value is -3.08. The normalized spacial score (nSPS) is 11.6. The third-order valence-electron chi connectivity index (χ3n) is 4.92. The largest absolute Gasteiger partial charge is 0.461 e. The van der Waals surface area contributed by atoms with E-state index in [9.17, 15) is 0 Å². The summed E-state index contributed by atoms with van der Waals surface area (Å²) in [7, 11) is 0. The van der Waals surface area contributed by atoms with Crippen molar-refractivity contribution < 1.29 is 8.83 Å². The summed E-state index contributed by atoms with van der Waals surface area (Å²) >= 11 is 3.53. The Morgan fingerprint density at radius 1 is 0.786 bits per heavy atom. The summed E-state index contributed by atoms with van der Waals surface area (Å²) in [5.74, 6) is 1.54. The average molecular weight is 399 g/mol. The van der Waals surface area contributed by atoms with Gasteiger partial charge >= 0.3 is 0 Å². The van der Waals surface area contributed by atoms with Gasteiger partial charge in [-0.1, -0.05) is 36.4 Å². The van der Waals surface area contributed by atoms with E-state index in [0.29, 0.717) is 0 Å². The topological polar surface area (TPSA) is 26.3 Å². The fraction of sp³-hybridized carbons (Fsp3) is 0. The molecule has 2 nitrogen and oxygen atoms in total. The van der Waals surface area contributed by atoms with Crippen LogP contribution in [0, 0.1) is 0 Å². The van der Waals surface area contributed by atoms with Crippen LogP contribution in [0.5, 0.6) is 0 Å². The van der Waals surface area contributed by atoms with Crippen LogP contribution in [0.3, 0.4) is 0 Å². The van der Waals surface area contributed by atoms with Crippen molar-refractivity contribution in [3.63, 3.8) is 0 Å². The zero-order chi connectivity index (χ0) is 18.5. The van der Waals surface area contributed by atoms with Gasteiger partial charge in [0.1, 0.15) is 5.58 Å². The fourth-order valence-electron chi connectivity index (χ4n) is 3.71. The summed E-state index contributed by atoms with van der Waals surface area (Å²) in [6, 6.07) is 25.1. The number of thiophene rings is 2. The van der Waals surface area contributed by atoms with Crippen LogP contribution in [-0.4, -0.2) is 0 Å². The smallest absolute Gasteiger partial charge is 0.179 e. The van der Waals surface area contributed by atoms with Crippen LogP contribution < -0.4 is 0 Å². The van der Waals surface area contributed by atoms with Crippen LogP contribution in [0.1, 0.15) is 0 Å². The molecule has 4 heterocycles. The van der Waals surface area contributed by atoms with Gasteiger partial charge in [-0.05, 0) is 47.2 Å². The highest BCUT2D eigenvalue weighted by Crippen LogP contribution is 2.48. The lowest BCUT2D eigenvalue weighted by atomic mass is 10.0. The molecule has 0 saturated carbocycles. The molecule has 0 bridgehead atoms. The maximum atomic E-state index is 6.35. The molecular formula is C24H14O2S2. The fourth-order valence-corrected chi connectivity index (χ4v) is 5.58. The van der Waals surface area contributed by atoms with Crippen LogP contribution >= 0.6 is 22.7 Å². The Kier molecular flexibility index (Phi) is 3.54. The van der Waals surface area contributed by atoms with E-state index in [1.807, 2.05) is 18.2 Å². The molecule has 0 saturated heterocycles. The lowest BCUT2D eigenvalue weighted by Crippen LogP contribution is -1.79. The van der Waals surface area contributed by atoms with Crippen LogP contribution in [0.25, 0.3) is 53.5 Å². The van der Waals surface area contributed by atoms with Gasteiger partial charge in [-0.3, -0.25) is 0 Å². The SMILES string of the molecule is c1coc(-c2oc3cccc(-c4cccs4)c3c2-c2cc3ccccc3s2)c1. The number of fused-ring (bicyclic) bond motifs is 2. The second kappa shape index (κ2) is 6.23. The first-order chi connectivity index (χ1) is 13.9. The lowest BCUT2D eigenvalue weighted by Gasteiger charge is -2.03. The number of furan rings is 2. The van der Waals surface area contributed by atoms with E-state index in [2.05, 4.69) is 60.0 Å². The molecule has 0 atom stereocenters. The molecule has 6 rings (SSSR count). The van der Waals surface area contributed by atoms with Gasteiger partial charge in [0.25, 0.3) is 0 Å². The summed E-state index contributed by atoms with van der Waals surface area (Å²) in [5, 5.41) is 4.50. The molecular weight excluding hydrogens is 384 g/mol. The molecule has 0 aliphatic carbocycles. The first-order valence-corrected chi connectivity index (χ1v) is 10.7. The molecule has 0 amide bonds. The molecule has 4 heteroatoms. The first-order valence-electron chi connectivity index (χ1n) is 9.01. The predicted octanol–water partition coefficient (Wildman–Crippen LogP) is 8.30. The minimum atomic E-state index is 0.751. The van der Waals surface area contributed by atoms with Crippen LogP contribution in [0.4, 0.5) is 0 Å². The van der Waals surface area contributed by atoms with Crippen molar-refractivity contribution in [3.8, 4) is 32.4 Å². The minimum absolute atomic E-state index is 0.751. The quantitative estimate of drug-likeness (QED) is 0.300. The third kappa shape index (κ3) is 2.39. The van der Waals surface area contributed by atoms with E-state index in [1.165, 1.54) is 25.4 Å². The second-order valence-electron chi connectivity index (χ2n) is 6.59. The molecule has 0 fully saturated rings. The molecule has 0 spiro atoms. The molecule has 0 N–H and O–H groups in total. The Morgan fingerprint density at radius 2 is 1.75 bits per heavy atom. The van der Waals surface area contributed by atoms with Crippen LogP contribution in [-0.2, 0) is 0 Å². The Bertz CT molecular complexity index is 1370. The van der Waals surface area contributed by atoms with Gasteiger partial charge in [0.2, 0.25) is 0 Å². The predicted molar refractivity (Wildman–Crippen MR) is 118 cm³/mol. The maximum absolute atomic E-state index is 6.35. The highest BCUT2D eigenvalue weighted by atomic mass is 32.1. The van der Waals surface area contributed by atoms with Crippen molar-refractivity contribution in [2.24, 2.45) is 0 Å². The van der Waals surface area contributed by atoms with Gasteiger partial charge in [0, 0.05) is 31.0 Å². The maximum Gasteiger partial charge on any atom is 0.179 e. The molecule has 0 aliphatic heterocycles. The third-order valence-corrected chi connectivity index (χ3v) is 6.96. The highest BCUT2D eigenvalue weighted by molar-refractivity contribution is 7.22. The highest BCUT2D eigenvalue weighted by Gasteiger charge is 2.23.